The first-order valence-corrected chi connectivity index (χ1v) is 7.13. The summed E-state index contributed by atoms with van der Waals surface area (Å²) in [7, 11) is 0. The Morgan fingerprint density at radius 3 is 2.85 bits per heavy atom. The molecule has 4 nitrogen and oxygen atoms in total. The van der Waals surface area contributed by atoms with Crippen molar-refractivity contribution in [1.82, 2.24) is 9.78 Å². The molecule has 20 heavy (non-hydrogen) atoms. The number of hydrogen-bond acceptors (Lipinski definition) is 2. The number of aromatic nitrogens is 2. The van der Waals surface area contributed by atoms with Gasteiger partial charge in [-0.2, -0.15) is 5.10 Å². The molecule has 1 aromatic carbocycles. The van der Waals surface area contributed by atoms with E-state index in [-0.39, 0.29) is 11.8 Å². The van der Waals surface area contributed by atoms with Crippen LogP contribution in [0.3, 0.4) is 0 Å². The molecule has 0 bridgehead atoms. The molecule has 2 aromatic rings. The van der Waals surface area contributed by atoms with Crippen molar-refractivity contribution in [1.29, 1.82) is 0 Å². The summed E-state index contributed by atoms with van der Waals surface area (Å²) < 4.78 is 1.74. The second-order valence-electron chi connectivity index (χ2n) is 4.22. The molecule has 1 amide bonds. The molecular formula is C13H12Cl3N3O. The average molecular weight is 333 g/mol. The highest BCUT2D eigenvalue weighted by atomic mass is 35.5. The maximum atomic E-state index is 11.2. The summed E-state index contributed by atoms with van der Waals surface area (Å²) in [5, 5.41) is 7.90. The topological polar surface area (TPSA) is 46.9 Å². The standard InChI is InChI=1S/C13H12Cl3N3O/c1-8-5-11(17-12(20)6-14)18-19(8)7-9-3-2-4-10(15)13(9)16/h2-5H,6-7H2,1H3,(H,17,18,20). The van der Waals surface area contributed by atoms with E-state index in [4.69, 9.17) is 34.8 Å². The number of amides is 1. The van der Waals surface area contributed by atoms with Gasteiger partial charge in [-0.05, 0) is 18.6 Å². The van der Waals surface area contributed by atoms with Crippen LogP contribution >= 0.6 is 34.8 Å². The van der Waals surface area contributed by atoms with Crippen molar-refractivity contribution < 1.29 is 4.79 Å². The van der Waals surface area contributed by atoms with E-state index in [9.17, 15) is 4.79 Å². The Hall–Kier alpha value is -1.23. The van der Waals surface area contributed by atoms with Gasteiger partial charge in [-0.25, -0.2) is 0 Å². The molecular weight excluding hydrogens is 321 g/mol. The van der Waals surface area contributed by atoms with Crippen molar-refractivity contribution in [2.24, 2.45) is 0 Å². The van der Waals surface area contributed by atoms with Crippen molar-refractivity contribution in [3.05, 3.63) is 45.6 Å². The third-order valence-corrected chi connectivity index (χ3v) is 3.82. The third-order valence-electron chi connectivity index (χ3n) is 2.72. The minimum absolute atomic E-state index is 0.105. The predicted octanol–water partition coefficient (Wildman–Crippen LogP) is 3.72. The van der Waals surface area contributed by atoms with Gasteiger partial charge in [0, 0.05) is 11.8 Å². The summed E-state index contributed by atoms with van der Waals surface area (Å²) >= 11 is 17.6. The fraction of sp³-hybridized carbons (Fsp3) is 0.231. The summed E-state index contributed by atoms with van der Waals surface area (Å²) in [6, 6.07) is 7.21. The smallest absolute Gasteiger partial charge is 0.240 e. The van der Waals surface area contributed by atoms with Gasteiger partial charge in [-0.15, -0.1) is 11.6 Å². The van der Waals surface area contributed by atoms with E-state index >= 15 is 0 Å². The van der Waals surface area contributed by atoms with E-state index in [1.54, 1.807) is 16.8 Å². The molecule has 1 aromatic heterocycles. The number of alkyl halides is 1. The SMILES string of the molecule is Cc1cc(NC(=O)CCl)nn1Cc1cccc(Cl)c1Cl. The Morgan fingerprint density at radius 2 is 2.15 bits per heavy atom. The molecule has 0 atom stereocenters. The molecule has 0 saturated heterocycles. The maximum Gasteiger partial charge on any atom is 0.240 e. The lowest BCUT2D eigenvalue weighted by molar-refractivity contribution is -0.113. The van der Waals surface area contributed by atoms with Crippen LogP contribution in [0.1, 0.15) is 11.3 Å². The molecule has 7 heteroatoms. The fourth-order valence-corrected chi connectivity index (χ4v) is 2.19. The van der Waals surface area contributed by atoms with Crippen LogP contribution in [0.2, 0.25) is 10.0 Å². The molecule has 0 unspecified atom stereocenters. The lowest BCUT2D eigenvalue weighted by Gasteiger charge is -2.07. The number of carbonyl (C=O) groups excluding carboxylic acids is 1. The number of anilines is 1. The molecule has 0 aliphatic rings. The highest BCUT2D eigenvalue weighted by molar-refractivity contribution is 6.42. The first-order chi connectivity index (χ1) is 9.51. The molecule has 106 valence electrons. The van der Waals surface area contributed by atoms with Crippen LogP contribution in [0.4, 0.5) is 5.82 Å². The number of halogens is 3. The first-order valence-electron chi connectivity index (χ1n) is 5.84. The quantitative estimate of drug-likeness (QED) is 0.867. The number of hydrogen-bond donors (Lipinski definition) is 1. The molecule has 0 saturated carbocycles. The van der Waals surface area contributed by atoms with E-state index in [1.807, 2.05) is 19.1 Å². The molecule has 0 spiro atoms. The van der Waals surface area contributed by atoms with Crippen LogP contribution in [-0.4, -0.2) is 21.6 Å². The predicted molar refractivity (Wildman–Crippen MR) is 81.9 cm³/mol. The summed E-state index contributed by atoms with van der Waals surface area (Å²) in [6.07, 6.45) is 0. The summed E-state index contributed by atoms with van der Waals surface area (Å²) in [4.78, 5) is 11.2. The zero-order valence-electron chi connectivity index (χ0n) is 10.7. The molecule has 0 radical (unpaired) electrons. The Bertz CT molecular complexity index is 640. The van der Waals surface area contributed by atoms with Gasteiger partial charge < -0.3 is 5.32 Å². The van der Waals surface area contributed by atoms with Gasteiger partial charge >= 0.3 is 0 Å². The number of benzene rings is 1. The number of nitrogens with zero attached hydrogens (tertiary/aromatic N) is 2. The van der Waals surface area contributed by atoms with Gasteiger partial charge in [0.05, 0.1) is 16.6 Å². The van der Waals surface area contributed by atoms with Crippen molar-refractivity contribution in [3.8, 4) is 0 Å². The lowest BCUT2D eigenvalue weighted by Crippen LogP contribution is -2.13. The maximum absolute atomic E-state index is 11.2. The Kier molecular flexibility index (Phi) is 4.91. The van der Waals surface area contributed by atoms with Gasteiger partial charge in [0.1, 0.15) is 5.88 Å². The fourth-order valence-electron chi connectivity index (χ4n) is 1.74. The van der Waals surface area contributed by atoms with Gasteiger partial charge in [0.2, 0.25) is 5.91 Å². The largest absolute Gasteiger partial charge is 0.308 e. The number of rotatable bonds is 4. The summed E-state index contributed by atoms with van der Waals surface area (Å²) in [5.41, 5.74) is 1.76. The van der Waals surface area contributed by atoms with Crippen LogP contribution < -0.4 is 5.32 Å². The molecule has 1 heterocycles. The first kappa shape index (κ1) is 15.2. The zero-order valence-corrected chi connectivity index (χ0v) is 12.9. The highest BCUT2D eigenvalue weighted by Crippen LogP contribution is 2.26. The van der Waals surface area contributed by atoms with E-state index in [2.05, 4.69) is 10.4 Å². The van der Waals surface area contributed by atoms with E-state index in [1.165, 1.54) is 0 Å². The van der Waals surface area contributed by atoms with Gasteiger partial charge in [0.15, 0.2) is 5.82 Å². The highest BCUT2D eigenvalue weighted by Gasteiger charge is 2.10. The van der Waals surface area contributed by atoms with Gasteiger partial charge in [-0.3, -0.25) is 9.48 Å². The number of carbonyl (C=O) groups is 1. The normalized spacial score (nSPS) is 10.6. The minimum Gasteiger partial charge on any atom is -0.308 e. The van der Waals surface area contributed by atoms with Gasteiger partial charge in [0.25, 0.3) is 0 Å². The van der Waals surface area contributed by atoms with Gasteiger partial charge in [-0.1, -0.05) is 35.3 Å². The number of aryl methyl sites for hydroxylation is 1. The molecule has 2 rings (SSSR count). The van der Waals surface area contributed by atoms with E-state index in [0.717, 1.165) is 11.3 Å². The lowest BCUT2D eigenvalue weighted by atomic mass is 10.2. The average Bonchev–Trinajstić information content (AvgIpc) is 2.75. The monoisotopic (exact) mass is 331 g/mol. The van der Waals surface area contributed by atoms with Crippen molar-refractivity contribution in [3.63, 3.8) is 0 Å². The Labute approximate surface area is 131 Å². The van der Waals surface area contributed by atoms with Crippen molar-refractivity contribution in [2.75, 3.05) is 11.2 Å². The van der Waals surface area contributed by atoms with Crippen LogP contribution in [0.25, 0.3) is 0 Å². The van der Waals surface area contributed by atoms with E-state index < -0.39 is 0 Å². The van der Waals surface area contributed by atoms with Crippen LogP contribution in [0.15, 0.2) is 24.3 Å². The molecule has 0 aliphatic heterocycles. The van der Waals surface area contributed by atoms with Crippen LogP contribution in [-0.2, 0) is 11.3 Å². The number of nitrogens with one attached hydrogen (secondary N) is 1. The summed E-state index contributed by atoms with van der Waals surface area (Å²) in [5.74, 6) is 0.0647. The second kappa shape index (κ2) is 6.48. The summed E-state index contributed by atoms with van der Waals surface area (Å²) in [6.45, 7) is 2.36. The minimum atomic E-state index is -0.294. The second-order valence-corrected chi connectivity index (χ2v) is 5.28. The Morgan fingerprint density at radius 1 is 1.40 bits per heavy atom. The van der Waals surface area contributed by atoms with Crippen LogP contribution in [0, 0.1) is 6.92 Å². The Balaban J connectivity index is 2.21. The molecule has 0 fully saturated rings. The van der Waals surface area contributed by atoms with Crippen LogP contribution in [0.5, 0.6) is 0 Å². The third kappa shape index (κ3) is 3.45. The van der Waals surface area contributed by atoms with Crippen molar-refractivity contribution >= 4 is 46.5 Å². The van der Waals surface area contributed by atoms with Crippen molar-refractivity contribution in [2.45, 2.75) is 13.5 Å². The zero-order chi connectivity index (χ0) is 14.7. The molecule has 0 aliphatic carbocycles. The molecule has 1 N–H and O–H groups in total. The van der Waals surface area contributed by atoms with E-state index in [0.29, 0.717) is 22.4 Å².